The van der Waals surface area contributed by atoms with Gasteiger partial charge in [-0.05, 0) is 18.2 Å². The number of alkyl halides is 1. The van der Waals surface area contributed by atoms with Gasteiger partial charge in [0, 0.05) is 10.5 Å². The standard InChI is InChI=1S/C10H9BrOS/c11-8-5-6-13-9-4-2-1-3-7(9)10(8)12/h1-4,8H,5-6H2. The van der Waals surface area contributed by atoms with Gasteiger partial charge in [0.25, 0.3) is 0 Å². The fourth-order valence-electron chi connectivity index (χ4n) is 1.37. The van der Waals surface area contributed by atoms with Crippen molar-refractivity contribution in [2.24, 2.45) is 0 Å². The molecule has 3 heteroatoms. The zero-order valence-electron chi connectivity index (χ0n) is 7.00. The Bertz CT molecular complexity index is 337. The first-order valence-electron chi connectivity index (χ1n) is 4.19. The quantitative estimate of drug-likeness (QED) is 0.664. The van der Waals surface area contributed by atoms with Crippen LogP contribution in [0.1, 0.15) is 16.8 Å². The lowest BCUT2D eigenvalue weighted by Crippen LogP contribution is -2.13. The van der Waals surface area contributed by atoms with E-state index in [4.69, 9.17) is 0 Å². The first-order chi connectivity index (χ1) is 6.29. The van der Waals surface area contributed by atoms with Crippen molar-refractivity contribution < 1.29 is 4.79 Å². The van der Waals surface area contributed by atoms with Crippen molar-refractivity contribution in [1.29, 1.82) is 0 Å². The molecule has 68 valence electrons. The molecular formula is C10H9BrOS. The van der Waals surface area contributed by atoms with Gasteiger partial charge in [-0.25, -0.2) is 0 Å². The van der Waals surface area contributed by atoms with Crippen LogP contribution in [0.15, 0.2) is 29.2 Å². The molecule has 1 aliphatic rings. The number of benzene rings is 1. The lowest BCUT2D eigenvalue weighted by Gasteiger charge is -2.04. The second-order valence-electron chi connectivity index (χ2n) is 2.97. The molecule has 0 amide bonds. The highest BCUT2D eigenvalue weighted by atomic mass is 79.9. The van der Waals surface area contributed by atoms with Crippen LogP contribution >= 0.6 is 27.7 Å². The number of ketones is 1. The molecule has 1 nitrogen and oxygen atoms in total. The number of thioether (sulfide) groups is 1. The summed E-state index contributed by atoms with van der Waals surface area (Å²) in [5, 5.41) is 0. The van der Waals surface area contributed by atoms with Crippen LogP contribution in [0.5, 0.6) is 0 Å². The van der Waals surface area contributed by atoms with E-state index in [1.54, 1.807) is 11.8 Å². The van der Waals surface area contributed by atoms with Gasteiger partial charge < -0.3 is 0 Å². The summed E-state index contributed by atoms with van der Waals surface area (Å²) in [4.78, 5) is 12.9. The van der Waals surface area contributed by atoms with E-state index in [2.05, 4.69) is 15.9 Å². The summed E-state index contributed by atoms with van der Waals surface area (Å²) in [5.74, 6) is 1.24. The number of rotatable bonds is 0. The third kappa shape index (κ3) is 1.81. The summed E-state index contributed by atoms with van der Waals surface area (Å²) >= 11 is 5.18. The van der Waals surface area contributed by atoms with Crippen molar-refractivity contribution in [3.63, 3.8) is 0 Å². The van der Waals surface area contributed by atoms with E-state index in [1.807, 2.05) is 24.3 Å². The Morgan fingerprint density at radius 3 is 3.00 bits per heavy atom. The molecule has 13 heavy (non-hydrogen) atoms. The molecular weight excluding hydrogens is 248 g/mol. The number of fused-ring (bicyclic) bond motifs is 1. The molecule has 1 aromatic carbocycles. The molecule has 0 saturated carbocycles. The van der Waals surface area contributed by atoms with Crippen molar-refractivity contribution in [2.75, 3.05) is 5.75 Å². The van der Waals surface area contributed by atoms with Gasteiger partial charge in [0.15, 0.2) is 5.78 Å². The smallest absolute Gasteiger partial charge is 0.177 e. The summed E-state index contributed by atoms with van der Waals surface area (Å²) in [6.07, 6.45) is 0.915. The summed E-state index contributed by atoms with van der Waals surface area (Å²) in [6.45, 7) is 0. The zero-order valence-corrected chi connectivity index (χ0v) is 9.40. The molecule has 0 N–H and O–H groups in total. The molecule has 0 spiro atoms. The Labute approximate surface area is 90.0 Å². The number of hydrogen-bond donors (Lipinski definition) is 0. The normalized spacial score (nSPS) is 22.2. The Kier molecular flexibility index (Phi) is 2.74. The first kappa shape index (κ1) is 9.28. The van der Waals surface area contributed by atoms with Gasteiger partial charge in [-0.15, -0.1) is 11.8 Å². The average molecular weight is 257 g/mol. The van der Waals surface area contributed by atoms with E-state index in [9.17, 15) is 4.79 Å². The average Bonchev–Trinajstić information content (AvgIpc) is 2.29. The van der Waals surface area contributed by atoms with Crippen molar-refractivity contribution >= 4 is 33.5 Å². The van der Waals surface area contributed by atoms with Gasteiger partial charge in [0.05, 0.1) is 4.83 Å². The van der Waals surface area contributed by atoms with Gasteiger partial charge in [0.1, 0.15) is 0 Å². The van der Waals surface area contributed by atoms with Crippen molar-refractivity contribution in [3.8, 4) is 0 Å². The highest BCUT2D eigenvalue weighted by Gasteiger charge is 2.22. The van der Waals surface area contributed by atoms with E-state index >= 15 is 0 Å². The van der Waals surface area contributed by atoms with E-state index in [1.165, 1.54) is 0 Å². The van der Waals surface area contributed by atoms with Crippen LogP contribution in [0.3, 0.4) is 0 Å². The number of halogens is 1. The SMILES string of the molecule is O=C1c2ccccc2SCCC1Br. The molecule has 0 bridgehead atoms. The van der Waals surface area contributed by atoms with E-state index in [0.717, 1.165) is 22.6 Å². The third-order valence-corrected chi connectivity index (χ3v) is 4.05. The molecule has 0 radical (unpaired) electrons. The van der Waals surface area contributed by atoms with E-state index < -0.39 is 0 Å². The minimum atomic E-state index is 0.00338. The van der Waals surface area contributed by atoms with Crippen LogP contribution in [0.4, 0.5) is 0 Å². The van der Waals surface area contributed by atoms with Crippen molar-refractivity contribution in [2.45, 2.75) is 16.1 Å². The van der Waals surface area contributed by atoms with E-state index in [-0.39, 0.29) is 10.6 Å². The summed E-state index contributed by atoms with van der Waals surface area (Å²) in [6, 6.07) is 7.82. The molecule has 1 atom stereocenters. The highest BCUT2D eigenvalue weighted by molar-refractivity contribution is 9.10. The summed E-state index contributed by atoms with van der Waals surface area (Å²) in [5.41, 5.74) is 0.867. The van der Waals surface area contributed by atoms with Gasteiger partial charge in [-0.3, -0.25) is 4.79 Å². The first-order valence-corrected chi connectivity index (χ1v) is 6.09. The minimum absolute atomic E-state index is 0.00338. The Morgan fingerprint density at radius 1 is 1.38 bits per heavy atom. The molecule has 1 aliphatic heterocycles. The molecule has 1 aromatic rings. The topological polar surface area (TPSA) is 17.1 Å². The fraction of sp³-hybridized carbons (Fsp3) is 0.300. The van der Waals surface area contributed by atoms with Gasteiger partial charge in [0.2, 0.25) is 0 Å². The predicted octanol–water partition coefficient (Wildman–Crippen LogP) is 3.13. The number of hydrogen-bond acceptors (Lipinski definition) is 2. The second-order valence-corrected chi connectivity index (χ2v) is 5.21. The van der Waals surface area contributed by atoms with Gasteiger partial charge in [-0.2, -0.15) is 0 Å². The van der Waals surface area contributed by atoms with Crippen LogP contribution in [0, 0.1) is 0 Å². The molecule has 0 fully saturated rings. The summed E-state index contributed by atoms with van der Waals surface area (Å²) in [7, 11) is 0. The molecule has 1 unspecified atom stereocenters. The Morgan fingerprint density at radius 2 is 2.15 bits per heavy atom. The molecule has 1 heterocycles. The maximum Gasteiger partial charge on any atom is 0.177 e. The van der Waals surface area contributed by atoms with E-state index in [0.29, 0.717) is 0 Å². The molecule has 0 aliphatic carbocycles. The van der Waals surface area contributed by atoms with Gasteiger partial charge >= 0.3 is 0 Å². The minimum Gasteiger partial charge on any atom is -0.293 e. The monoisotopic (exact) mass is 256 g/mol. The molecule has 0 aromatic heterocycles. The van der Waals surface area contributed by atoms with Crippen LogP contribution in [0.2, 0.25) is 0 Å². The zero-order chi connectivity index (χ0) is 9.26. The fourth-order valence-corrected chi connectivity index (χ4v) is 3.22. The Hall–Kier alpha value is -0.280. The van der Waals surface area contributed by atoms with Crippen LogP contribution in [-0.4, -0.2) is 16.4 Å². The molecule has 2 rings (SSSR count). The lowest BCUT2D eigenvalue weighted by molar-refractivity contribution is 0.0988. The largest absolute Gasteiger partial charge is 0.293 e. The highest BCUT2D eigenvalue weighted by Crippen LogP contribution is 2.30. The number of carbonyl (C=O) groups excluding carboxylic acids is 1. The number of carbonyl (C=O) groups is 1. The van der Waals surface area contributed by atoms with Crippen LogP contribution < -0.4 is 0 Å². The third-order valence-electron chi connectivity index (χ3n) is 2.07. The molecule has 0 saturated heterocycles. The predicted molar refractivity (Wildman–Crippen MR) is 58.8 cm³/mol. The van der Waals surface area contributed by atoms with Crippen molar-refractivity contribution in [1.82, 2.24) is 0 Å². The van der Waals surface area contributed by atoms with Crippen molar-refractivity contribution in [3.05, 3.63) is 29.8 Å². The second kappa shape index (κ2) is 3.84. The lowest BCUT2D eigenvalue weighted by atomic mass is 10.1. The Balaban J connectivity index is 2.46. The maximum atomic E-state index is 11.8. The van der Waals surface area contributed by atoms with Crippen LogP contribution in [-0.2, 0) is 0 Å². The summed E-state index contributed by atoms with van der Waals surface area (Å²) < 4.78 is 0. The number of Topliss-reactive ketones (excluding diaryl/α,β-unsaturated/α-hetero) is 1. The maximum absolute atomic E-state index is 11.8. The van der Waals surface area contributed by atoms with Gasteiger partial charge in [-0.1, -0.05) is 34.1 Å². The van der Waals surface area contributed by atoms with Crippen LogP contribution in [0.25, 0.3) is 0 Å².